The zero-order chi connectivity index (χ0) is 12.4. The van der Waals surface area contributed by atoms with Crippen LogP contribution in [-0.4, -0.2) is 5.78 Å². The van der Waals surface area contributed by atoms with E-state index >= 15 is 0 Å². The van der Waals surface area contributed by atoms with Gasteiger partial charge in [0.05, 0.1) is 9.90 Å². The second-order valence-corrected chi connectivity index (χ2v) is 5.54. The molecule has 0 unspecified atom stereocenters. The van der Waals surface area contributed by atoms with Crippen LogP contribution >= 0.6 is 22.9 Å². The van der Waals surface area contributed by atoms with Crippen molar-refractivity contribution in [3.8, 4) is 0 Å². The highest BCUT2D eigenvalue weighted by molar-refractivity contribution is 7.16. The molecule has 0 radical (unpaired) electrons. The third-order valence-corrected chi connectivity index (χ3v) is 3.69. The summed E-state index contributed by atoms with van der Waals surface area (Å²) in [7, 11) is 0. The SMILES string of the molecule is Cc1cccc(C(=O)Cc2ccc(Cl)s2)c1F. The minimum absolute atomic E-state index is 0.148. The molecule has 0 aliphatic heterocycles. The molecule has 0 amide bonds. The van der Waals surface area contributed by atoms with Crippen LogP contribution in [0, 0.1) is 12.7 Å². The van der Waals surface area contributed by atoms with Crippen LogP contribution in [0.25, 0.3) is 0 Å². The molecule has 0 spiro atoms. The third kappa shape index (κ3) is 2.73. The normalized spacial score (nSPS) is 10.5. The van der Waals surface area contributed by atoms with E-state index in [1.807, 2.05) is 0 Å². The fraction of sp³-hybridized carbons (Fsp3) is 0.154. The Labute approximate surface area is 108 Å². The van der Waals surface area contributed by atoms with Crippen molar-refractivity contribution in [2.75, 3.05) is 0 Å². The zero-order valence-corrected chi connectivity index (χ0v) is 10.7. The Bertz CT molecular complexity index is 562. The minimum atomic E-state index is -0.430. The summed E-state index contributed by atoms with van der Waals surface area (Å²) in [4.78, 5) is 12.8. The molecule has 0 fully saturated rings. The number of aryl methyl sites for hydroxylation is 1. The Morgan fingerprint density at radius 1 is 1.35 bits per heavy atom. The summed E-state index contributed by atoms with van der Waals surface area (Å²) in [6, 6.07) is 8.38. The van der Waals surface area contributed by atoms with Gasteiger partial charge in [-0.3, -0.25) is 4.79 Å². The number of Topliss-reactive ketones (excluding diaryl/α,β-unsaturated/α-hetero) is 1. The predicted molar refractivity (Wildman–Crippen MR) is 68.5 cm³/mol. The Morgan fingerprint density at radius 3 is 2.76 bits per heavy atom. The van der Waals surface area contributed by atoms with Gasteiger partial charge in [-0.2, -0.15) is 0 Å². The number of halogens is 2. The molecule has 0 saturated heterocycles. The van der Waals surface area contributed by atoms with Crippen molar-refractivity contribution >= 4 is 28.7 Å². The van der Waals surface area contributed by atoms with Gasteiger partial charge in [0.15, 0.2) is 5.78 Å². The van der Waals surface area contributed by atoms with Crippen LogP contribution in [0.3, 0.4) is 0 Å². The molecule has 0 atom stereocenters. The average Bonchev–Trinajstić information content (AvgIpc) is 2.68. The van der Waals surface area contributed by atoms with Crippen molar-refractivity contribution in [2.45, 2.75) is 13.3 Å². The molecular weight excluding hydrogens is 259 g/mol. The molecule has 1 aromatic carbocycles. The highest BCUT2D eigenvalue weighted by atomic mass is 35.5. The average molecular weight is 269 g/mol. The molecule has 0 saturated carbocycles. The van der Waals surface area contributed by atoms with E-state index in [0.717, 1.165) is 4.88 Å². The molecule has 4 heteroatoms. The van der Waals surface area contributed by atoms with Crippen LogP contribution in [0.4, 0.5) is 4.39 Å². The number of thiophene rings is 1. The number of hydrogen-bond acceptors (Lipinski definition) is 2. The molecule has 0 aliphatic carbocycles. The summed E-state index contributed by atoms with van der Waals surface area (Å²) in [5.74, 6) is -0.648. The molecule has 0 bridgehead atoms. The quantitative estimate of drug-likeness (QED) is 0.760. The van der Waals surface area contributed by atoms with Crippen molar-refractivity contribution in [3.63, 3.8) is 0 Å². The van der Waals surface area contributed by atoms with Gasteiger partial charge in [-0.25, -0.2) is 4.39 Å². The molecule has 88 valence electrons. The first-order valence-electron chi connectivity index (χ1n) is 5.10. The van der Waals surface area contributed by atoms with Crippen molar-refractivity contribution < 1.29 is 9.18 Å². The van der Waals surface area contributed by atoms with E-state index in [1.54, 1.807) is 31.2 Å². The third-order valence-electron chi connectivity index (χ3n) is 2.46. The van der Waals surface area contributed by atoms with E-state index in [2.05, 4.69) is 0 Å². The van der Waals surface area contributed by atoms with Gasteiger partial charge < -0.3 is 0 Å². The standard InChI is InChI=1S/C13H10ClFOS/c1-8-3-2-4-10(13(8)15)11(16)7-9-5-6-12(14)17-9/h2-6H,7H2,1H3. The lowest BCUT2D eigenvalue weighted by molar-refractivity contribution is 0.0990. The second kappa shape index (κ2) is 4.98. The number of benzene rings is 1. The van der Waals surface area contributed by atoms with Gasteiger partial charge in [-0.15, -0.1) is 11.3 Å². The zero-order valence-electron chi connectivity index (χ0n) is 9.17. The maximum atomic E-state index is 13.7. The van der Waals surface area contributed by atoms with E-state index in [9.17, 15) is 9.18 Å². The molecular formula is C13H10ClFOS. The number of hydrogen-bond donors (Lipinski definition) is 0. The topological polar surface area (TPSA) is 17.1 Å². The molecule has 0 aliphatic rings. The van der Waals surface area contributed by atoms with Crippen LogP contribution in [0.1, 0.15) is 20.8 Å². The number of carbonyl (C=O) groups is 1. The first-order valence-corrected chi connectivity index (χ1v) is 6.30. The summed E-state index contributed by atoms with van der Waals surface area (Å²) >= 11 is 7.12. The number of ketones is 1. The molecule has 1 heterocycles. The summed E-state index contributed by atoms with van der Waals surface area (Å²) < 4.78 is 14.4. The maximum Gasteiger partial charge on any atom is 0.171 e. The molecule has 0 N–H and O–H groups in total. The Balaban J connectivity index is 2.23. The van der Waals surface area contributed by atoms with E-state index in [4.69, 9.17) is 11.6 Å². The Hall–Kier alpha value is -1.19. The van der Waals surface area contributed by atoms with Gasteiger partial charge in [0.25, 0.3) is 0 Å². The highest BCUT2D eigenvalue weighted by Crippen LogP contribution is 2.23. The van der Waals surface area contributed by atoms with Gasteiger partial charge in [0.2, 0.25) is 0 Å². The lowest BCUT2D eigenvalue weighted by Gasteiger charge is -2.03. The first kappa shape index (κ1) is 12.3. The fourth-order valence-corrected chi connectivity index (χ4v) is 2.65. The van der Waals surface area contributed by atoms with E-state index in [1.165, 1.54) is 17.4 Å². The van der Waals surface area contributed by atoms with E-state index in [-0.39, 0.29) is 17.8 Å². The van der Waals surface area contributed by atoms with Crippen LogP contribution in [0.5, 0.6) is 0 Å². The molecule has 17 heavy (non-hydrogen) atoms. The summed E-state index contributed by atoms with van der Waals surface area (Å²) in [6.07, 6.45) is 0.192. The second-order valence-electron chi connectivity index (χ2n) is 3.74. The van der Waals surface area contributed by atoms with Crippen molar-refractivity contribution in [3.05, 3.63) is 56.5 Å². The summed E-state index contributed by atoms with van der Waals surface area (Å²) in [5, 5.41) is 0. The van der Waals surface area contributed by atoms with Crippen LogP contribution in [-0.2, 0) is 6.42 Å². The monoisotopic (exact) mass is 268 g/mol. The molecule has 1 aromatic heterocycles. The molecule has 1 nitrogen and oxygen atoms in total. The summed E-state index contributed by atoms with van der Waals surface area (Å²) in [5.41, 5.74) is 0.634. The number of carbonyl (C=O) groups excluding carboxylic acids is 1. The Kier molecular flexibility index (Phi) is 3.60. The van der Waals surface area contributed by atoms with Crippen LogP contribution < -0.4 is 0 Å². The first-order chi connectivity index (χ1) is 8.08. The van der Waals surface area contributed by atoms with Gasteiger partial charge in [-0.05, 0) is 30.7 Å². The summed E-state index contributed by atoms with van der Waals surface area (Å²) in [6.45, 7) is 1.65. The van der Waals surface area contributed by atoms with Gasteiger partial charge >= 0.3 is 0 Å². The van der Waals surface area contributed by atoms with Gasteiger partial charge in [-0.1, -0.05) is 23.7 Å². The highest BCUT2D eigenvalue weighted by Gasteiger charge is 2.14. The minimum Gasteiger partial charge on any atom is -0.294 e. The van der Waals surface area contributed by atoms with E-state index < -0.39 is 5.82 Å². The largest absolute Gasteiger partial charge is 0.294 e. The van der Waals surface area contributed by atoms with Crippen molar-refractivity contribution in [1.82, 2.24) is 0 Å². The Morgan fingerprint density at radius 2 is 2.12 bits per heavy atom. The lowest BCUT2D eigenvalue weighted by Crippen LogP contribution is -2.06. The predicted octanol–water partition coefficient (Wildman–Crippen LogP) is 4.27. The van der Waals surface area contributed by atoms with Crippen molar-refractivity contribution in [2.24, 2.45) is 0 Å². The van der Waals surface area contributed by atoms with Crippen LogP contribution in [0.15, 0.2) is 30.3 Å². The lowest BCUT2D eigenvalue weighted by atomic mass is 10.0. The van der Waals surface area contributed by atoms with E-state index in [0.29, 0.717) is 9.90 Å². The van der Waals surface area contributed by atoms with Crippen LogP contribution in [0.2, 0.25) is 4.34 Å². The smallest absolute Gasteiger partial charge is 0.171 e. The van der Waals surface area contributed by atoms with Gasteiger partial charge in [0.1, 0.15) is 5.82 Å². The molecule has 2 aromatic rings. The fourth-order valence-electron chi connectivity index (χ4n) is 1.56. The molecule has 2 rings (SSSR count). The van der Waals surface area contributed by atoms with Gasteiger partial charge in [0, 0.05) is 11.3 Å². The number of rotatable bonds is 3. The van der Waals surface area contributed by atoms with Crippen molar-refractivity contribution in [1.29, 1.82) is 0 Å². The maximum absolute atomic E-state index is 13.7.